The molecule has 0 bridgehead atoms. The molecule has 24 heavy (non-hydrogen) atoms. The monoisotopic (exact) mass is 343 g/mol. The number of carbonyl (C=O) groups excluding carboxylic acids is 1. The molecule has 3 aromatic rings. The zero-order chi connectivity index (χ0) is 17.1. The SMILES string of the molecule is Cc1oc(-c2ccccc2)nc1COC(=O)c1cc(Cl)ccc1O. The molecule has 0 aliphatic rings. The minimum Gasteiger partial charge on any atom is -0.507 e. The predicted molar refractivity (Wildman–Crippen MR) is 88.9 cm³/mol. The molecule has 1 heterocycles. The Morgan fingerprint density at radius 3 is 2.75 bits per heavy atom. The molecular weight excluding hydrogens is 330 g/mol. The fourth-order valence-electron chi connectivity index (χ4n) is 2.15. The number of phenols is 1. The minimum absolute atomic E-state index is 0.00642. The number of hydrogen-bond acceptors (Lipinski definition) is 5. The van der Waals surface area contributed by atoms with Crippen LogP contribution < -0.4 is 0 Å². The summed E-state index contributed by atoms with van der Waals surface area (Å²) in [5, 5.41) is 10.1. The summed E-state index contributed by atoms with van der Waals surface area (Å²) in [6.45, 7) is 1.69. The molecule has 0 atom stereocenters. The van der Waals surface area contributed by atoms with Gasteiger partial charge in [-0.05, 0) is 37.3 Å². The van der Waals surface area contributed by atoms with E-state index >= 15 is 0 Å². The second-order valence-corrected chi connectivity index (χ2v) is 5.56. The summed E-state index contributed by atoms with van der Waals surface area (Å²) in [5.74, 6) is 0.159. The summed E-state index contributed by atoms with van der Waals surface area (Å²) in [6, 6.07) is 13.6. The standard InChI is InChI=1S/C18H14ClNO4/c1-11-15(20-17(24-11)12-5-3-2-4-6-12)10-23-18(22)14-9-13(19)7-8-16(14)21/h2-9,21H,10H2,1H3. The first-order chi connectivity index (χ1) is 11.5. The van der Waals surface area contributed by atoms with E-state index < -0.39 is 5.97 Å². The van der Waals surface area contributed by atoms with Crippen LogP contribution >= 0.6 is 11.6 Å². The topological polar surface area (TPSA) is 72.6 Å². The number of rotatable bonds is 4. The van der Waals surface area contributed by atoms with Crippen molar-refractivity contribution in [1.29, 1.82) is 0 Å². The van der Waals surface area contributed by atoms with Crippen molar-refractivity contribution in [2.45, 2.75) is 13.5 Å². The van der Waals surface area contributed by atoms with E-state index in [9.17, 15) is 9.90 Å². The first kappa shape index (κ1) is 16.1. The molecular formula is C18H14ClNO4. The van der Waals surface area contributed by atoms with Crippen molar-refractivity contribution in [2.75, 3.05) is 0 Å². The highest BCUT2D eigenvalue weighted by molar-refractivity contribution is 6.31. The zero-order valence-electron chi connectivity index (χ0n) is 12.8. The van der Waals surface area contributed by atoms with Gasteiger partial charge < -0.3 is 14.3 Å². The molecule has 0 spiro atoms. The van der Waals surface area contributed by atoms with E-state index in [0.717, 1.165) is 5.56 Å². The van der Waals surface area contributed by atoms with Crippen LogP contribution in [0.25, 0.3) is 11.5 Å². The molecule has 0 amide bonds. The Labute approximate surface area is 143 Å². The van der Waals surface area contributed by atoms with Gasteiger partial charge >= 0.3 is 5.97 Å². The molecule has 0 saturated carbocycles. The quantitative estimate of drug-likeness (QED) is 0.712. The minimum atomic E-state index is -0.682. The maximum atomic E-state index is 12.1. The zero-order valence-corrected chi connectivity index (χ0v) is 13.6. The van der Waals surface area contributed by atoms with E-state index in [2.05, 4.69) is 4.98 Å². The lowest BCUT2D eigenvalue weighted by Crippen LogP contribution is -2.06. The van der Waals surface area contributed by atoms with E-state index in [1.807, 2.05) is 30.3 Å². The number of oxazole rings is 1. The van der Waals surface area contributed by atoms with Crippen LogP contribution in [0.3, 0.4) is 0 Å². The Morgan fingerprint density at radius 1 is 1.25 bits per heavy atom. The smallest absolute Gasteiger partial charge is 0.342 e. The van der Waals surface area contributed by atoms with Crippen molar-refractivity contribution in [1.82, 2.24) is 4.98 Å². The Bertz CT molecular complexity index is 874. The van der Waals surface area contributed by atoms with Gasteiger partial charge in [-0.15, -0.1) is 0 Å². The van der Waals surface area contributed by atoms with E-state index in [1.54, 1.807) is 6.92 Å². The molecule has 122 valence electrons. The Kier molecular flexibility index (Phi) is 4.53. The molecule has 0 saturated heterocycles. The van der Waals surface area contributed by atoms with Gasteiger partial charge in [-0.2, -0.15) is 0 Å². The van der Waals surface area contributed by atoms with Crippen molar-refractivity contribution in [3.63, 3.8) is 0 Å². The summed E-state index contributed by atoms with van der Waals surface area (Å²) in [5.41, 5.74) is 1.36. The number of hydrogen-bond donors (Lipinski definition) is 1. The number of ether oxygens (including phenoxy) is 1. The summed E-state index contributed by atoms with van der Waals surface area (Å²) in [6.07, 6.45) is 0. The number of aromatic hydroxyl groups is 1. The lowest BCUT2D eigenvalue weighted by Gasteiger charge is -2.05. The highest BCUT2D eigenvalue weighted by Gasteiger charge is 2.16. The number of aromatic nitrogens is 1. The van der Waals surface area contributed by atoms with E-state index in [0.29, 0.717) is 22.4 Å². The van der Waals surface area contributed by atoms with Crippen LogP contribution in [0, 0.1) is 6.92 Å². The van der Waals surface area contributed by atoms with Crippen LogP contribution in [0.2, 0.25) is 5.02 Å². The van der Waals surface area contributed by atoms with Crippen LogP contribution in [0.1, 0.15) is 21.8 Å². The molecule has 3 rings (SSSR count). The van der Waals surface area contributed by atoms with Crippen molar-refractivity contribution in [3.8, 4) is 17.2 Å². The average Bonchev–Trinajstić information content (AvgIpc) is 2.96. The molecule has 0 aliphatic carbocycles. The van der Waals surface area contributed by atoms with Gasteiger partial charge in [0.15, 0.2) is 0 Å². The molecule has 1 aromatic heterocycles. The molecule has 0 radical (unpaired) electrons. The summed E-state index contributed by atoms with van der Waals surface area (Å²) in [7, 11) is 0. The van der Waals surface area contributed by atoms with E-state index in [-0.39, 0.29) is 17.9 Å². The molecule has 0 unspecified atom stereocenters. The molecule has 1 N–H and O–H groups in total. The average molecular weight is 344 g/mol. The Morgan fingerprint density at radius 2 is 2.00 bits per heavy atom. The van der Waals surface area contributed by atoms with E-state index in [4.69, 9.17) is 20.8 Å². The van der Waals surface area contributed by atoms with Gasteiger partial charge in [0.1, 0.15) is 29.4 Å². The molecule has 5 nitrogen and oxygen atoms in total. The first-order valence-electron chi connectivity index (χ1n) is 7.22. The van der Waals surface area contributed by atoms with Gasteiger partial charge in [-0.3, -0.25) is 0 Å². The van der Waals surface area contributed by atoms with Gasteiger partial charge in [0.25, 0.3) is 0 Å². The maximum absolute atomic E-state index is 12.1. The van der Waals surface area contributed by atoms with Crippen LogP contribution in [-0.2, 0) is 11.3 Å². The molecule has 0 aliphatic heterocycles. The molecule has 2 aromatic carbocycles. The number of aryl methyl sites for hydroxylation is 1. The number of benzene rings is 2. The van der Waals surface area contributed by atoms with Crippen LogP contribution in [0.4, 0.5) is 0 Å². The number of esters is 1. The second-order valence-electron chi connectivity index (χ2n) is 5.13. The number of halogens is 1. The van der Waals surface area contributed by atoms with Gasteiger partial charge in [0.2, 0.25) is 5.89 Å². The largest absolute Gasteiger partial charge is 0.507 e. The third-order valence-electron chi connectivity index (χ3n) is 3.43. The maximum Gasteiger partial charge on any atom is 0.342 e. The molecule has 0 fully saturated rings. The van der Waals surface area contributed by atoms with Crippen LogP contribution in [-0.4, -0.2) is 16.1 Å². The van der Waals surface area contributed by atoms with Crippen molar-refractivity contribution < 1.29 is 19.1 Å². The van der Waals surface area contributed by atoms with E-state index in [1.165, 1.54) is 18.2 Å². The Hall–Kier alpha value is -2.79. The normalized spacial score (nSPS) is 10.6. The first-order valence-corrected chi connectivity index (χ1v) is 7.60. The predicted octanol–water partition coefficient (Wildman–Crippen LogP) is 4.37. The van der Waals surface area contributed by atoms with Gasteiger partial charge in [-0.1, -0.05) is 29.8 Å². The number of nitrogens with zero attached hydrogens (tertiary/aromatic N) is 1. The number of phenolic OH excluding ortho intramolecular Hbond substituents is 1. The fraction of sp³-hybridized carbons (Fsp3) is 0.111. The summed E-state index contributed by atoms with van der Waals surface area (Å²) < 4.78 is 10.8. The van der Waals surface area contributed by atoms with Crippen molar-refractivity contribution in [2.24, 2.45) is 0 Å². The van der Waals surface area contributed by atoms with Crippen LogP contribution in [0.5, 0.6) is 5.75 Å². The van der Waals surface area contributed by atoms with Gasteiger partial charge in [0, 0.05) is 10.6 Å². The fourth-order valence-corrected chi connectivity index (χ4v) is 2.32. The highest BCUT2D eigenvalue weighted by Crippen LogP contribution is 2.24. The Balaban J connectivity index is 1.74. The lowest BCUT2D eigenvalue weighted by molar-refractivity contribution is 0.0463. The second kappa shape index (κ2) is 6.76. The highest BCUT2D eigenvalue weighted by atomic mass is 35.5. The van der Waals surface area contributed by atoms with Crippen LogP contribution in [0.15, 0.2) is 52.9 Å². The van der Waals surface area contributed by atoms with Crippen molar-refractivity contribution in [3.05, 3.63) is 70.6 Å². The van der Waals surface area contributed by atoms with Gasteiger partial charge in [0.05, 0.1) is 0 Å². The van der Waals surface area contributed by atoms with Crippen molar-refractivity contribution >= 4 is 17.6 Å². The lowest BCUT2D eigenvalue weighted by atomic mass is 10.2. The summed E-state index contributed by atoms with van der Waals surface area (Å²) >= 11 is 5.83. The van der Waals surface area contributed by atoms with Gasteiger partial charge in [-0.25, -0.2) is 9.78 Å². The summed E-state index contributed by atoms with van der Waals surface area (Å²) in [4.78, 5) is 16.4. The molecule has 6 heteroatoms. The number of carbonyl (C=O) groups is 1. The third kappa shape index (κ3) is 3.41. The third-order valence-corrected chi connectivity index (χ3v) is 3.67.